The molecule has 15 heteroatoms. The highest BCUT2D eigenvalue weighted by Gasteiger charge is 2.55. The maximum Gasteiger partial charge on any atom is 0.459 e. The molecule has 0 amide bonds. The van der Waals surface area contributed by atoms with Crippen molar-refractivity contribution in [1.29, 1.82) is 0 Å². The third-order valence-electron chi connectivity index (χ3n) is 5.83. The van der Waals surface area contributed by atoms with Gasteiger partial charge in [0, 0.05) is 0 Å². The lowest BCUT2D eigenvalue weighted by molar-refractivity contribution is -0.149. The van der Waals surface area contributed by atoms with Crippen LogP contribution >= 0.6 is 7.75 Å². The number of benzene rings is 1. The fourth-order valence-electron chi connectivity index (χ4n) is 3.91. The Bertz CT molecular complexity index is 1410. The molecule has 208 valence electrons. The molecule has 6 N–H and O–H groups in total. The van der Waals surface area contributed by atoms with E-state index in [2.05, 4.69) is 26.0 Å². The van der Waals surface area contributed by atoms with E-state index in [1.165, 1.54) is 24.0 Å². The summed E-state index contributed by atoms with van der Waals surface area (Å²) in [6, 6.07) is 7.15. The number of aliphatic hydroxyl groups excluding tert-OH is 1. The van der Waals surface area contributed by atoms with Gasteiger partial charge >= 0.3 is 13.7 Å². The topological polar surface area (TPSA) is 199 Å². The van der Waals surface area contributed by atoms with Gasteiger partial charge in [-0.25, -0.2) is 14.5 Å². The fourth-order valence-corrected chi connectivity index (χ4v) is 5.41. The Morgan fingerprint density at radius 2 is 2.05 bits per heavy atom. The number of aromatic nitrogens is 4. The van der Waals surface area contributed by atoms with Crippen molar-refractivity contribution in [3.8, 4) is 18.1 Å². The molecule has 1 saturated heterocycles. The quantitative estimate of drug-likeness (QED) is 0.157. The Balaban J connectivity index is 1.57. The number of esters is 1. The molecule has 3 aromatic rings. The minimum Gasteiger partial charge on any atom is -0.462 e. The number of rotatable bonds is 10. The Hall–Kier alpha value is -3.57. The molecule has 1 fully saturated rings. The van der Waals surface area contributed by atoms with Crippen molar-refractivity contribution in [1.82, 2.24) is 24.6 Å². The normalized spacial score (nSPS) is 25.2. The molecule has 2 aromatic heterocycles. The molecule has 0 aliphatic carbocycles. The average Bonchev–Trinajstić information content (AvgIpc) is 3.41. The third kappa shape index (κ3) is 6.04. The molecule has 39 heavy (non-hydrogen) atoms. The SMILES string of the molecule is C#C[C@@]1(N)[C@@H](O)[C@@H](COP(=O)(N[C@@H](C)C(=O)OC(C)C)Oc2ccccc2)O[C@H]1n1cnc2cnc(N)nc21. The van der Waals surface area contributed by atoms with Gasteiger partial charge in [0.05, 0.1) is 25.2 Å². The minimum absolute atomic E-state index is 0.0128. The van der Waals surface area contributed by atoms with Crippen LogP contribution in [0.25, 0.3) is 11.2 Å². The summed E-state index contributed by atoms with van der Waals surface area (Å²) < 4.78 is 37.7. The van der Waals surface area contributed by atoms with Gasteiger partial charge in [0.15, 0.2) is 17.4 Å². The molecule has 6 atom stereocenters. The molecule has 1 aliphatic heterocycles. The Morgan fingerprint density at radius 1 is 1.33 bits per heavy atom. The number of nitrogen functional groups attached to an aromatic ring is 1. The Morgan fingerprint density at radius 3 is 2.72 bits per heavy atom. The minimum atomic E-state index is -4.24. The zero-order valence-corrected chi connectivity index (χ0v) is 22.4. The van der Waals surface area contributed by atoms with Gasteiger partial charge in [0.1, 0.15) is 29.5 Å². The molecule has 0 radical (unpaired) electrons. The van der Waals surface area contributed by atoms with E-state index in [4.69, 9.17) is 36.4 Å². The number of hydrogen-bond acceptors (Lipinski definition) is 12. The van der Waals surface area contributed by atoms with E-state index < -0.39 is 56.4 Å². The van der Waals surface area contributed by atoms with Crippen LogP contribution in [-0.4, -0.2) is 67.1 Å². The van der Waals surface area contributed by atoms with Crippen LogP contribution in [-0.2, 0) is 23.4 Å². The van der Waals surface area contributed by atoms with E-state index >= 15 is 0 Å². The number of imidazole rings is 1. The fraction of sp³-hybridized carbons (Fsp3) is 0.417. The van der Waals surface area contributed by atoms with Crippen molar-refractivity contribution in [3.05, 3.63) is 42.9 Å². The van der Waals surface area contributed by atoms with E-state index in [9.17, 15) is 14.5 Å². The second-order valence-electron chi connectivity index (χ2n) is 9.17. The van der Waals surface area contributed by atoms with Gasteiger partial charge in [-0.15, -0.1) is 6.42 Å². The number of carbonyl (C=O) groups is 1. The predicted octanol–water partition coefficient (Wildman–Crippen LogP) is 1.13. The maximum atomic E-state index is 13.8. The van der Waals surface area contributed by atoms with E-state index in [0.29, 0.717) is 5.52 Å². The summed E-state index contributed by atoms with van der Waals surface area (Å²) in [5.74, 6) is 1.92. The maximum absolute atomic E-state index is 13.8. The van der Waals surface area contributed by atoms with Crippen LogP contribution in [0.3, 0.4) is 0 Å². The van der Waals surface area contributed by atoms with Gasteiger partial charge in [0.25, 0.3) is 0 Å². The monoisotopic (exact) mass is 559 g/mol. The zero-order chi connectivity index (χ0) is 28.4. The van der Waals surface area contributed by atoms with E-state index in [0.717, 1.165) is 0 Å². The number of hydrogen-bond donors (Lipinski definition) is 4. The molecule has 0 saturated carbocycles. The lowest BCUT2D eigenvalue weighted by atomic mass is 9.92. The highest BCUT2D eigenvalue weighted by Crippen LogP contribution is 2.47. The second kappa shape index (κ2) is 11.3. The molecule has 0 spiro atoms. The standard InChI is InChI=1S/C24H30N7O7P/c1-5-24(26)19(32)18(37-22(24)31-13-28-17-11-27-23(25)29-20(17)31)12-35-39(34,38-16-9-7-6-8-10-16)30-15(4)21(33)36-14(2)3/h1,6-11,13-15,18-19,22,32H,12,26H2,2-4H3,(H,30,34)(H2,25,27,29)/t15-,18+,19-,22+,24+,39?/m0/s1. The number of carbonyl (C=O) groups excluding carboxylic acids is 1. The molecule has 0 bridgehead atoms. The average molecular weight is 560 g/mol. The van der Waals surface area contributed by atoms with Crippen LogP contribution < -0.4 is 21.1 Å². The number of terminal acetylenes is 1. The zero-order valence-electron chi connectivity index (χ0n) is 21.5. The van der Waals surface area contributed by atoms with Crippen molar-refractivity contribution in [2.24, 2.45) is 5.73 Å². The summed E-state index contributed by atoms with van der Waals surface area (Å²) in [7, 11) is -4.24. The smallest absolute Gasteiger partial charge is 0.459 e. The molecule has 1 unspecified atom stereocenters. The molecule has 14 nitrogen and oxygen atoms in total. The number of nitrogens with one attached hydrogen (secondary N) is 1. The Kier molecular flexibility index (Phi) is 8.22. The van der Waals surface area contributed by atoms with Crippen LogP contribution in [0.5, 0.6) is 5.75 Å². The van der Waals surface area contributed by atoms with E-state index in [1.807, 2.05) is 0 Å². The van der Waals surface area contributed by atoms with Crippen LogP contribution in [0.4, 0.5) is 5.95 Å². The summed E-state index contributed by atoms with van der Waals surface area (Å²) in [4.78, 5) is 24.6. The number of ether oxygens (including phenoxy) is 2. The molecule has 1 aromatic carbocycles. The molecular weight excluding hydrogens is 529 g/mol. The molecule has 3 heterocycles. The first-order valence-corrected chi connectivity index (χ1v) is 13.5. The lowest BCUT2D eigenvalue weighted by Crippen LogP contribution is -2.53. The summed E-state index contributed by atoms with van der Waals surface area (Å²) >= 11 is 0. The molecular formula is C24H30N7O7P. The van der Waals surface area contributed by atoms with Crippen LogP contribution in [0.1, 0.15) is 27.0 Å². The van der Waals surface area contributed by atoms with Crippen LogP contribution in [0, 0.1) is 12.3 Å². The number of fused-ring (bicyclic) bond motifs is 1. The highest BCUT2D eigenvalue weighted by atomic mass is 31.2. The van der Waals surface area contributed by atoms with Gasteiger partial charge in [-0.2, -0.15) is 10.1 Å². The summed E-state index contributed by atoms with van der Waals surface area (Å²) in [5, 5.41) is 13.6. The van der Waals surface area contributed by atoms with Crippen LogP contribution in [0.15, 0.2) is 42.9 Å². The molecule has 4 rings (SSSR count). The van der Waals surface area contributed by atoms with Gasteiger partial charge < -0.3 is 30.6 Å². The summed E-state index contributed by atoms with van der Waals surface area (Å²) in [5.41, 5.74) is 11.1. The number of para-hydroxylation sites is 1. The number of nitrogens with two attached hydrogens (primary N) is 2. The first kappa shape index (κ1) is 28.4. The van der Waals surface area contributed by atoms with Gasteiger partial charge in [-0.3, -0.25) is 13.9 Å². The number of nitrogens with zero attached hydrogens (tertiary/aromatic N) is 4. The third-order valence-corrected chi connectivity index (χ3v) is 7.47. The lowest BCUT2D eigenvalue weighted by Gasteiger charge is -2.27. The van der Waals surface area contributed by atoms with Crippen molar-refractivity contribution < 1.29 is 33.0 Å². The first-order chi connectivity index (χ1) is 18.5. The van der Waals surface area contributed by atoms with Crippen molar-refractivity contribution in [2.75, 3.05) is 12.3 Å². The molecule has 1 aliphatic rings. The van der Waals surface area contributed by atoms with Crippen molar-refractivity contribution in [3.63, 3.8) is 0 Å². The second-order valence-corrected chi connectivity index (χ2v) is 10.9. The number of anilines is 1. The van der Waals surface area contributed by atoms with Gasteiger partial charge in [-0.05, 0) is 32.9 Å². The van der Waals surface area contributed by atoms with Gasteiger partial charge in [-0.1, -0.05) is 24.1 Å². The largest absolute Gasteiger partial charge is 0.462 e. The Labute approximate surface area is 224 Å². The number of aliphatic hydroxyl groups is 1. The summed E-state index contributed by atoms with van der Waals surface area (Å²) in [6.45, 7) is 4.34. The summed E-state index contributed by atoms with van der Waals surface area (Å²) in [6.07, 6.45) is 4.35. The predicted molar refractivity (Wildman–Crippen MR) is 140 cm³/mol. The van der Waals surface area contributed by atoms with Crippen LogP contribution in [0.2, 0.25) is 0 Å². The first-order valence-electron chi connectivity index (χ1n) is 12.0. The van der Waals surface area contributed by atoms with Crippen molar-refractivity contribution >= 4 is 30.8 Å². The van der Waals surface area contributed by atoms with E-state index in [-0.39, 0.29) is 17.3 Å². The van der Waals surface area contributed by atoms with Gasteiger partial charge in [0.2, 0.25) is 5.95 Å². The van der Waals surface area contributed by atoms with E-state index in [1.54, 1.807) is 44.2 Å². The van der Waals surface area contributed by atoms with Crippen molar-refractivity contribution in [2.45, 2.75) is 56.9 Å². The highest BCUT2D eigenvalue weighted by molar-refractivity contribution is 7.52.